The Balaban J connectivity index is 1.66. The van der Waals surface area contributed by atoms with E-state index in [1.54, 1.807) is 42.2 Å². The number of nitrogens with zero attached hydrogens (tertiary/aromatic N) is 3. The number of hydrogen-bond acceptors (Lipinski definition) is 20. The molecule has 560 valence electrons. The molecular formula is C68H92IN9O24. The van der Waals surface area contributed by atoms with Crippen molar-refractivity contribution in [3.05, 3.63) is 87.0 Å². The minimum Gasteiger partial charge on any atom is -0.481 e. The second-order valence-corrected chi connectivity index (χ2v) is 25.5. The first-order valence-electron chi connectivity index (χ1n) is 33.3. The maximum atomic E-state index is 14.8. The predicted octanol–water partition coefficient (Wildman–Crippen LogP) is 2.19. The van der Waals surface area contributed by atoms with Crippen LogP contribution in [0.25, 0.3) is 0 Å². The van der Waals surface area contributed by atoms with Gasteiger partial charge in [-0.3, -0.25) is 67.4 Å². The van der Waals surface area contributed by atoms with Crippen molar-refractivity contribution in [2.45, 2.75) is 159 Å². The van der Waals surface area contributed by atoms with Gasteiger partial charge in [0.25, 0.3) is 0 Å². The summed E-state index contributed by atoms with van der Waals surface area (Å²) in [6.45, 7) is 1.88. The van der Waals surface area contributed by atoms with Crippen LogP contribution in [-0.4, -0.2) is 241 Å². The van der Waals surface area contributed by atoms with Gasteiger partial charge >= 0.3 is 53.8 Å². The monoisotopic (exact) mass is 1550 g/mol. The lowest BCUT2D eigenvalue weighted by Crippen LogP contribution is -2.51. The average molecular weight is 1550 g/mol. The molecule has 33 nitrogen and oxygen atoms in total. The number of hydrogen-bond donors (Lipinski definition) is 13. The summed E-state index contributed by atoms with van der Waals surface area (Å²) in [6.07, 6.45) is 3.88. The van der Waals surface area contributed by atoms with Crippen LogP contribution in [0.1, 0.15) is 127 Å². The normalized spacial score (nSPS) is 13.7. The van der Waals surface area contributed by atoms with Crippen molar-refractivity contribution in [3.8, 4) is 5.75 Å². The SMILES string of the molecule is CCN(CCN(CCN(C)CC(=O)O)[C@@H](CCC(=O)N[C@H](Cc1ccc(OC(=O)C2=CC(=O)C=CC2=O)c(I)c1)C(=O)C[C@H](Cc1ccccc1)C(=O)N[C@H](CCCCNC(=O)CCCCCCC(=O)NCCCC[C@H](NC(=O)N[C@@H](CCC(=O)O)C(=O)O)C(=O)O)C(=O)O)C(=O)O)CC(=O)O. The number of esters is 1. The lowest BCUT2D eigenvalue weighted by Gasteiger charge is -2.32. The summed E-state index contributed by atoms with van der Waals surface area (Å²) >= 11 is 1.83. The number of carboxylic acids is 7. The van der Waals surface area contributed by atoms with Gasteiger partial charge < -0.3 is 72.4 Å². The van der Waals surface area contributed by atoms with Crippen LogP contribution < -0.4 is 36.6 Å². The summed E-state index contributed by atoms with van der Waals surface area (Å²) in [4.78, 5) is 205. The molecule has 3 rings (SSSR count). The third-order valence-corrected chi connectivity index (χ3v) is 17.1. The fourth-order valence-electron chi connectivity index (χ4n) is 10.6. The molecule has 0 saturated heterocycles. The van der Waals surface area contributed by atoms with Gasteiger partial charge in [-0.15, -0.1) is 0 Å². The number of halogens is 1. The number of urea groups is 1. The molecule has 0 heterocycles. The number of carbonyl (C=O) groups excluding carboxylic acids is 9. The van der Waals surface area contributed by atoms with E-state index >= 15 is 0 Å². The molecule has 34 heteroatoms. The van der Waals surface area contributed by atoms with Gasteiger partial charge in [0.15, 0.2) is 17.3 Å². The van der Waals surface area contributed by atoms with Gasteiger partial charge in [-0.05, 0) is 149 Å². The van der Waals surface area contributed by atoms with Crippen LogP contribution in [-0.2, 0) is 84.8 Å². The molecule has 0 fully saturated rings. The maximum absolute atomic E-state index is 14.8. The van der Waals surface area contributed by atoms with Gasteiger partial charge in [0.05, 0.1) is 22.7 Å². The number of carboxylic acid groups (broad SMARTS) is 7. The van der Waals surface area contributed by atoms with E-state index in [9.17, 15) is 107 Å². The van der Waals surface area contributed by atoms with Crippen LogP contribution in [0.15, 0.2) is 72.3 Å². The van der Waals surface area contributed by atoms with Crippen molar-refractivity contribution in [2.24, 2.45) is 5.92 Å². The number of likely N-dealkylation sites (N-methyl/N-ethyl adjacent to an activating group) is 2. The summed E-state index contributed by atoms with van der Waals surface area (Å²) < 4.78 is 5.75. The van der Waals surface area contributed by atoms with Crippen molar-refractivity contribution in [2.75, 3.05) is 66.0 Å². The molecule has 0 saturated carbocycles. The molecule has 102 heavy (non-hydrogen) atoms. The molecule has 0 radical (unpaired) electrons. The van der Waals surface area contributed by atoms with Gasteiger partial charge in [0, 0.05) is 83.4 Å². The summed E-state index contributed by atoms with van der Waals surface area (Å²) in [5.74, 6) is -15.6. The van der Waals surface area contributed by atoms with Gasteiger partial charge in [0.1, 0.15) is 35.5 Å². The number of nitrogens with one attached hydrogen (secondary N) is 6. The van der Waals surface area contributed by atoms with E-state index in [2.05, 4.69) is 31.9 Å². The Bertz CT molecular complexity index is 3330. The van der Waals surface area contributed by atoms with E-state index in [0.29, 0.717) is 59.8 Å². The van der Waals surface area contributed by atoms with E-state index in [0.717, 1.165) is 18.2 Å². The zero-order valence-corrected chi connectivity index (χ0v) is 59.1. The van der Waals surface area contributed by atoms with Gasteiger partial charge in [0.2, 0.25) is 23.6 Å². The number of rotatable bonds is 53. The smallest absolute Gasteiger partial charge is 0.347 e. The molecule has 0 bridgehead atoms. The summed E-state index contributed by atoms with van der Waals surface area (Å²) in [6, 6.07) is 4.61. The highest BCUT2D eigenvalue weighted by molar-refractivity contribution is 14.1. The van der Waals surface area contributed by atoms with Crippen molar-refractivity contribution >= 4 is 117 Å². The minimum absolute atomic E-state index is 0.000646. The van der Waals surface area contributed by atoms with Crippen LogP contribution in [0.3, 0.4) is 0 Å². The lowest BCUT2D eigenvalue weighted by atomic mass is 9.89. The molecule has 6 amide bonds. The predicted molar refractivity (Wildman–Crippen MR) is 370 cm³/mol. The first-order valence-corrected chi connectivity index (χ1v) is 34.4. The van der Waals surface area contributed by atoms with E-state index in [1.165, 1.54) is 35.0 Å². The van der Waals surface area contributed by atoms with E-state index in [1.807, 2.05) is 22.6 Å². The Kier molecular flexibility index (Phi) is 39.8. The number of benzene rings is 2. The van der Waals surface area contributed by atoms with Crippen molar-refractivity contribution < 1.29 is 117 Å². The number of aliphatic carboxylic acids is 7. The highest BCUT2D eigenvalue weighted by Crippen LogP contribution is 2.26. The Morgan fingerprint density at radius 3 is 1.64 bits per heavy atom. The van der Waals surface area contributed by atoms with Crippen molar-refractivity contribution in [3.63, 3.8) is 0 Å². The van der Waals surface area contributed by atoms with Crippen LogP contribution in [0.2, 0.25) is 0 Å². The molecule has 2 aromatic rings. The number of unbranched alkanes of at least 4 members (excludes halogenated alkanes) is 5. The maximum Gasteiger partial charge on any atom is 0.347 e. The zero-order valence-electron chi connectivity index (χ0n) is 56.9. The molecule has 1 aliphatic rings. The summed E-state index contributed by atoms with van der Waals surface area (Å²) in [7, 11) is 1.52. The first-order chi connectivity index (χ1) is 48.3. The molecule has 0 aliphatic heterocycles. The van der Waals surface area contributed by atoms with Crippen LogP contribution in [0, 0.1) is 9.49 Å². The van der Waals surface area contributed by atoms with Gasteiger partial charge in [-0.2, -0.15) is 0 Å². The molecule has 13 N–H and O–H groups in total. The van der Waals surface area contributed by atoms with Crippen molar-refractivity contribution in [1.29, 1.82) is 0 Å². The Labute approximate surface area is 602 Å². The van der Waals surface area contributed by atoms with Crippen LogP contribution >= 0.6 is 22.6 Å². The zero-order chi connectivity index (χ0) is 75.8. The second-order valence-electron chi connectivity index (χ2n) is 24.4. The average Bonchev–Trinajstić information content (AvgIpc) is 0.834. The quantitative estimate of drug-likeness (QED) is 0.0113. The molecule has 2 aromatic carbocycles. The second kappa shape index (κ2) is 46.8. The number of amides is 6. The van der Waals surface area contributed by atoms with E-state index in [-0.39, 0.29) is 128 Å². The van der Waals surface area contributed by atoms with Crippen LogP contribution in [0.5, 0.6) is 5.75 Å². The third kappa shape index (κ3) is 35.2. The molecule has 0 spiro atoms. The van der Waals surface area contributed by atoms with E-state index in [4.69, 9.17) is 9.84 Å². The van der Waals surface area contributed by atoms with Gasteiger partial charge in [-0.25, -0.2) is 24.0 Å². The Morgan fingerprint density at radius 2 is 1.10 bits per heavy atom. The largest absolute Gasteiger partial charge is 0.481 e. The third-order valence-electron chi connectivity index (χ3n) is 16.2. The number of ketones is 3. The molecule has 1 aliphatic carbocycles. The molecule has 0 aromatic heterocycles. The number of allylic oxidation sites excluding steroid dienone is 3. The molecule has 6 atom stereocenters. The minimum atomic E-state index is -1.55. The Hall–Kier alpha value is -9.55. The topological polar surface area (TPSA) is 506 Å². The number of ether oxygens (including phenoxy) is 1. The van der Waals surface area contributed by atoms with Crippen LogP contribution in [0.4, 0.5) is 4.79 Å². The van der Waals surface area contributed by atoms with Gasteiger partial charge in [-0.1, -0.05) is 56.2 Å². The number of carbonyl (C=O) groups is 16. The molecular weight excluding hydrogens is 1450 g/mol. The van der Waals surface area contributed by atoms with Crippen molar-refractivity contribution in [1.82, 2.24) is 46.6 Å². The standard InChI is InChI=1S/C68H92IN9O24/c1-3-77(41-61(89)90)32-34-78(33-31-76(2)40-60(87)88)52(66(98)99)24-27-58(84)72-51(37-43-21-26-55(47(69)36-43)102-67(100)46-39-45(79)22-25-53(46)80)54(81)38-44(35-42-15-7-6-8-16-42)62(91)73-48(63(92)93)17-11-13-29-70-56(82)19-9-4-5-10-20-57(83)71-30-14-12-18-49(64(94)95)74-68(101)75-50(65(96)97)23-28-59(85)86/h6-8,15-16,21-22,25-26,36,39,44,48-52H,3-5,9-14,17-20,23-24,27-35,37-38,40-41H2,1-2H3,(H,70,82)(H,71,83)(H,72,84)(H,73,91)(H,85,86)(H,87,88)(H,89,90)(H,92,93)(H,94,95)(H,96,97)(H,98,99)(H2,74,75,101)/t44-,48+,49-,50-,51+,52-/m0/s1. The fourth-order valence-corrected chi connectivity index (χ4v) is 11.3. The molecule has 0 unspecified atom stereocenters. The highest BCUT2D eigenvalue weighted by atomic mass is 127. The fraction of sp³-hybridized carbons (Fsp3) is 0.529. The Morgan fingerprint density at radius 1 is 0.529 bits per heavy atom. The summed E-state index contributed by atoms with van der Waals surface area (Å²) in [5.41, 5.74) is 0.472. The summed E-state index contributed by atoms with van der Waals surface area (Å²) in [5, 5.41) is 82.2. The first kappa shape index (κ1) is 86.7. The number of Topliss-reactive ketones (excluding diaryl/α,β-unsaturated/α-hetero) is 1. The van der Waals surface area contributed by atoms with E-state index < -0.39 is 150 Å². The lowest BCUT2D eigenvalue weighted by molar-refractivity contribution is -0.145. The highest BCUT2D eigenvalue weighted by Gasteiger charge is 2.34.